The van der Waals surface area contributed by atoms with Crippen LogP contribution in [0.15, 0.2) is 66.0 Å². The number of amides is 1. The molecule has 2 aromatic carbocycles. The molecule has 0 atom stereocenters. The Kier molecular flexibility index (Phi) is 7.07. The Bertz CT molecular complexity index is 999. The van der Waals surface area contributed by atoms with Crippen molar-refractivity contribution in [2.75, 3.05) is 26.2 Å². The fourth-order valence-corrected chi connectivity index (χ4v) is 4.77. The van der Waals surface area contributed by atoms with Gasteiger partial charge in [0.1, 0.15) is 11.6 Å². The first-order chi connectivity index (χ1) is 15.5. The van der Waals surface area contributed by atoms with Gasteiger partial charge in [-0.25, -0.2) is 8.78 Å². The van der Waals surface area contributed by atoms with E-state index in [-0.39, 0.29) is 42.2 Å². The molecule has 7 heteroatoms. The van der Waals surface area contributed by atoms with Crippen molar-refractivity contribution in [3.05, 3.63) is 93.7 Å². The van der Waals surface area contributed by atoms with Crippen molar-refractivity contribution >= 4 is 23.0 Å². The largest absolute Gasteiger partial charge is 0.340 e. The van der Waals surface area contributed by atoms with Crippen LogP contribution >= 0.6 is 11.3 Å². The van der Waals surface area contributed by atoms with E-state index in [0.717, 1.165) is 11.1 Å². The summed E-state index contributed by atoms with van der Waals surface area (Å²) in [5.74, 6) is -0.632. The molecule has 1 amide bonds. The van der Waals surface area contributed by atoms with E-state index < -0.39 is 0 Å². The predicted molar refractivity (Wildman–Crippen MR) is 121 cm³/mol. The second-order valence-electron chi connectivity index (χ2n) is 7.82. The van der Waals surface area contributed by atoms with Crippen molar-refractivity contribution in [1.29, 1.82) is 0 Å². The van der Waals surface area contributed by atoms with Crippen LogP contribution in [0, 0.1) is 11.6 Å². The Morgan fingerprint density at radius 2 is 1.38 bits per heavy atom. The van der Waals surface area contributed by atoms with Crippen molar-refractivity contribution in [2.45, 2.75) is 18.9 Å². The molecule has 0 spiro atoms. The molecular weight excluding hydrogens is 430 g/mol. The van der Waals surface area contributed by atoms with Gasteiger partial charge in [0.15, 0.2) is 5.78 Å². The molecule has 0 aliphatic carbocycles. The van der Waals surface area contributed by atoms with Crippen molar-refractivity contribution in [2.24, 2.45) is 0 Å². The average molecular weight is 455 g/mol. The Morgan fingerprint density at radius 3 is 1.88 bits per heavy atom. The molecule has 0 N–H and O–H groups in total. The number of carbonyl (C=O) groups excluding carboxylic acids is 2. The van der Waals surface area contributed by atoms with Crippen LogP contribution in [0.25, 0.3) is 0 Å². The van der Waals surface area contributed by atoms with E-state index in [9.17, 15) is 18.4 Å². The van der Waals surface area contributed by atoms with Gasteiger partial charge in [0.2, 0.25) is 5.91 Å². The lowest BCUT2D eigenvalue weighted by molar-refractivity contribution is -0.133. The zero-order chi connectivity index (χ0) is 22.5. The van der Waals surface area contributed by atoms with Gasteiger partial charge in [-0.1, -0.05) is 30.3 Å². The fourth-order valence-electron chi connectivity index (χ4n) is 4.07. The molecular formula is C25H24F2N2O2S. The minimum atomic E-state index is -0.306. The van der Waals surface area contributed by atoms with Crippen LogP contribution < -0.4 is 0 Å². The van der Waals surface area contributed by atoms with Gasteiger partial charge in [0.05, 0.1) is 10.9 Å². The maximum Gasteiger partial charge on any atom is 0.223 e. The number of halogens is 2. The van der Waals surface area contributed by atoms with Crippen molar-refractivity contribution < 1.29 is 18.4 Å². The number of nitrogens with zero attached hydrogens (tertiary/aromatic N) is 2. The molecule has 2 heterocycles. The molecule has 4 rings (SSSR count). The number of hydrogen-bond donors (Lipinski definition) is 0. The van der Waals surface area contributed by atoms with Crippen LogP contribution in [0.3, 0.4) is 0 Å². The normalized spacial score (nSPS) is 14.7. The summed E-state index contributed by atoms with van der Waals surface area (Å²) < 4.78 is 27.0. The van der Waals surface area contributed by atoms with Gasteiger partial charge < -0.3 is 4.90 Å². The molecule has 32 heavy (non-hydrogen) atoms. The van der Waals surface area contributed by atoms with E-state index >= 15 is 0 Å². The number of Topliss-reactive ketones (excluding diaryl/α,β-unsaturated/α-hetero) is 1. The first kappa shape index (κ1) is 22.3. The predicted octanol–water partition coefficient (Wildman–Crippen LogP) is 4.92. The van der Waals surface area contributed by atoms with Gasteiger partial charge in [0, 0.05) is 39.0 Å². The first-order valence-electron chi connectivity index (χ1n) is 10.6. The van der Waals surface area contributed by atoms with Gasteiger partial charge in [-0.05, 0) is 46.8 Å². The highest BCUT2D eigenvalue weighted by Crippen LogP contribution is 2.30. The fraction of sp³-hybridized carbons (Fsp3) is 0.280. The summed E-state index contributed by atoms with van der Waals surface area (Å²) >= 11 is 1.39. The summed E-state index contributed by atoms with van der Waals surface area (Å²) in [4.78, 5) is 29.5. The quantitative estimate of drug-likeness (QED) is 0.476. The van der Waals surface area contributed by atoms with E-state index in [1.165, 1.54) is 35.6 Å². The number of benzene rings is 2. The van der Waals surface area contributed by atoms with Crippen LogP contribution in [-0.2, 0) is 4.79 Å². The highest BCUT2D eigenvalue weighted by atomic mass is 32.1. The van der Waals surface area contributed by atoms with E-state index in [0.29, 0.717) is 31.1 Å². The van der Waals surface area contributed by atoms with Gasteiger partial charge in [-0.2, -0.15) is 0 Å². The van der Waals surface area contributed by atoms with Crippen molar-refractivity contribution in [1.82, 2.24) is 9.80 Å². The Hall–Kier alpha value is -2.90. The highest BCUT2D eigenvalue weighted by Gasteiger charge is 2.28. The van der Waals surface area contributed by atoms with E-state index in [1.807, 2.05) is 11.4 Å². The Balaban J connectivity index is 1.40. The Morgan fingerprint density at radius 1 is 0.812 bits per heavy atom. The van der Waals surface area contributed by atoms with E-state index in [4.69, 9.17) is 0 Å². The summed E-state index contributed by atoms with van der Waals surface area (Å²) in [7, 11) is 0. The molecule has 0 radical (unpaired) electrons. The molecule has 1 aromatic heterocycles. The molecule has 3 aromatic rings. The third kappa shape index (κ3) is 5.29. The number of hydrogen-bond acceptors (Lipinski definition) is 4. The van der Waals surface area contributed by atoms with Crippen LogP contribution in [0.2, 0.25) is 0 Å². The summed E-state index contributed by atoms with van der Waals surface area (Å²) in [6.45, 7) is 2.35. The lowest BCUT2D eigenvalue weighted by Gasteiger charge is -2.40. The molecule has 0 saturated carbocycles. The average Bonchev–Trinajstić information content (AvgIpc) is 3.36. The summed E-state index contributed by atoms with van der Waals surface area (Å²) in [6, 6.07) is 16.1. The van der Waals surface area contributed by atoms with Crippen molar-refractivity contribution in [3.63, 3.8) is 0 Å². The third-order valence-electron chi connectivity index (χ3n) is 5.77. The minimum Gasteiger partial charge on any atom is -0.340 e. The second kappa shape index (κ2) is 10.1. The van der Waals surface area contributed by atoms with Crippen LogP contribution in [0.1, 0.15) is 39.7 Å². The molecule has 1 aliphatic rings. The molecule has 0 bridgehead atoms. The van der Waals surface area contributed by atoms with E-state index in [1.54, 1.807) is 35.2 Å². The summed E-state index contributed by atoms with van der Waals surface area (Å²) in [5.41, 5.74) is 1.83. The highest BCUT2D eigenvalue weighted by molar-refractivity contribution is 7.12. The lowest BCUT2D eigenvalue weighted by Crippen LogP contribution is -2.49. The molecule has 166 valence electrons. The maximum atomic E-state index is 13.5. The van der Waals surface area contributed by atoms with Gasteiger partial charge >= 0.3 is 0 Å². The molecule has 1 aliphatic heterocycles. The van der Waals surface area contributed by atoms with Crippen LogP contribution in [-0.4, -0.2) is 47.7 Å². The number of carbonyl (C=O) groups is 2. The maximum absolute atomic E-state index is 13.5. The van der Waals surface area contributed by atoms with Crippen LogP contribution in [0.5, 0.6) is 0 Å². The summed E-state index contributed by atoms with van der Waals surface area (Å²) in [6.07, 6.45) is 0.420. The van der Waals surface area contributed by atoms with Crippen molar-refractivity contribution in [3.8, 4) is 0 Å². The van der Waals surface area contributed by atoms with Crippen LogP contribution in [0.4, 0.5) is 8.78 Å². The number of thiophene rings is 1. The topological polar surface area (TPSA) is 40.6 Å². The third-order valence-corrected chi connectivity index (χ3v) is 6.68. The van der Waals surface area contributed by atoms with Gasteiger partial charge in [-0.15, -0.1) is 11.3 Å². The SMILES string of the molecule is O=C(CCC(=O)N1CCN(C(c2ccc(F)cc2)c2ccc(F)cc2)CC1)c1cccs1. The minimum absolute atomic E-state index is 0.000306. The summed E-state index contributed by atoms with van der Waals surface area (Å²) in [5, 5.41) is 1.85. The van der Waals surface area contributed by atoms with Gasteiger partial charge in [0.25, 0.3) is 0 Å². The lowest BCUT2D eigenvalue weighted by atomic mass is 9.96. The standard InChI is InChI=1S/C25H24F2N2O2S/c26-20-7-3-18(4-8-20)25(19-5-9-21(27)10-6-19)29-15-13-28(14-16-29)24(31)12-11-22(30)23-2-1-17-32-23/h1-10,17,25H,11-16H2. The Labute approximate surface area is 190 Å². The van der Waals surface area contributed by atoms with Gasteiger partial charge in [-0.3, -0.25) is 14.5 Å². The molecule has 1 fully saturated rings. The second-order valence-corrected chi connectivity index (χ2v) is 8.77. The van der Waals surface area contributed by atoms with E-state index in [2.05, 4.69) is 4.90 Å². The smallest absolute Gasteiger partial charge is 0.223 e. The molecule has 1 saturated heterocycles. The zero-order valence-electron chi connectivity index (χ0n) is 17.5. The first-order valence-corrected chi connectivity index (χ1v) is 11.5. The molecule has 0 unspecified atom stereocenters. The monoisotopic (exact) mass is 454 g/mol. The number of piperazine rings is 1. The number of rotatable bonds is 7. The zero-order valence-corrected chi connectivity index (χ0v) is 18.4. The number of ketones is 1. The molecule has 4 nitrogen and oxygen atoms in total.